The number of nitrogens with zero attached hydrogens (tertiary/aromatic N) is 1. The van der Waals surface area contributed by atoms with Gasteiger partial charge in [0, 0.05) is 24.5 Å². The van der Waals surface area contributed by atoms with Gasteiger partial charge in [-0.25, -0.2) is 4.98 Å². The highest BCUT2D eigenvalue weighted by Gasteiger charge is 2.34. The lowest BCUT2D eigenvalue weighted by molar-refractivity contribution is -0.126. The molecule has 1 heterocycles. The van der Waals surface area contributed by atoms with E-state index >= 15 is 0 Å². The molecule has 3 atom stereocenters. The predicted octanol–water partition coefficient (Wildman–Crippen LogP) is 1.60. The number of imidazole rings is 1. The van der Waals surface area contributed by atoms with Crippen LogP contribution in [-0.4, -0.2) is 27.1 Å². The van der Waals surface area contributed by atoms with Crippen molar-refractivity contribution in [2.45, 2.75) is 44.8 Å². The molecular weight excluding hydrogens is 290 g/mol. The summed E-state index contributed by atoms with van der Waals surface area (Å²) in [6.45, 7) is 1.94. The maximum absolute atomic E-state index is 12.7. The molecule has 120 valence electrons. The minimum atomic E-state index is -0.537. The third-order valence-corrected chi connectivity index (χ3v) is 5.04. The summed E-state index contributed by atoms with van der Waals surface area (Å²) in [6.07, 6.45) is 2.42. The van der Waals surface area contributed by atoms with Crippen LogP contribution in [0.2, 0.25) is 0 Å². The molecule has 2 aliphatic carbocycles. The van der Waals surface area contributed by atoms with Crippen molar-refractivity contribution in [2.24, 2.45) is 5.92 Å². The van der Waals surface area contributed by atoms with Gasteiger partial charge < -0.3 is 15.4 Å². The minimum absolute atomic E-state index is 0.0312. The van der Waals surface area contributed by atoms with Gasteiger partial charge in [-0.15, -0.1) is 0 Å². The highest BCUT2D eigenvalue weighted by atomic mass is 16.3. The van der Waals surface area contributed by atoms with Crippen LogP contribution >= 0.6 is 0 Å². The number of nitrogens with one attached hydrogen (secondary N) is 2. The molecule has 23 heavy (non-hydrogen) atoms. The lowest BCUT2D eigenvalue weighted by Crippen LogP contribution is -2.39. The molecule has 0 unspecified atom stereocenters. The summed E-state index contributed by atoms with van der Waals surface area (Å²) in [5.74, 6) is 0.891. The molecule has 0 aliphatic heterocycles. The average Bonchev–Trinajstić information content (AvgIpc) is 3.06. The summed E-state index contributed by atoms with van der Waals surface area (Å²) < 4.78 is 0. The van der Waals surface area contributed by atoms with Crippen molar-refractivity contribution in [2.75, 3.05) is 0 Å². The molecule has 3 N–H and O–H groups in total. The molecule has 5 nitrogen and oxygen atoms in total. The van der Waals surface area contributed by atoms with E-state index in [1.165, 1.54) is 0 Å². The molecule has 0 radical (unpaired) electrons. The van der Waals surface area contributed by atoms with Crippen LogP contribution in [0.5, 0.6) is 0 Å². The first-order valence-electron chi connectivity index (χ1n) is 8.22. The van der Waals surface area contributed by atoms with Crippen LogP contribution in [0.1, 0.15) is 40.8 Å². The number of aromatic nitrogens is 2. The second-order valence-electron chi connectivity index (χ2n) is 6.64. The molecule has 5 heteroatoms. The van der Waals surface area contributed by atoms with Crippen molar-refractivity contribution >= 4 is 5.91 Å². The van der Waals surface area contributed by atoms with E-state index < -0.39 is 6.10 Å². The Kier molecular flexibility index (Phi) is 3.45. The fourth-order valence-electron chi connectivity index (χ4n) is 3.87. The monoisotopic (exact) mass is 311 g/mol. The number of carbonyl (C=O) groups excluding carboxylic acids is 1. The van der Waals surface area contributed by atoms with Crippen molar-refractivity contribution in [3.63, 3.8) is 0 Å². The van der Waals surface area contributed by atoms with Gasteiger partial charge in [0.05, 0.1) is 17.8 Å². The van der Waals surface area contributed by atoms with Crippen molar-refractivity contribution < 1.29 is 9.90 Å². The van der Waals surface area contributed by atoms with Crippen LogP contribution in [0.4, 0.5) is 0 Å². The smallest absolute Gasteiger partial charge is 0.224 e. The van der Waals surface area contributed by atoms with E-state index in [1.807, 2.05) is 31.2 Å². The number of aryl methyl sites for hydroxylation is 2. The molecule has 1 aromatic heterocycles. The van der Waals surface area contributed by atoms with Crippen LogP contribution in [-0.2, 0) is 24.1 Å². The second-order valence-corrected chi connectivity index (χ2v) is 6.64. The van der Waals surface area contributed by atoms with Crippen molar-refractivity contribution in [1.29, 1.82) is 0 Å². The number of rotatable bonds is 2. The van der Waals surface area contributed by atoms with Crippen LogP contribution in [0, 0.1) is 12.8 Å². The number of benzene rings is 1. The molecule has 0 spiro atoms. The molecule has 0 saturated heterocycles. The zero-order valence-corrected chi connectivity index (χ0v) is 13.2. The van der Waals surface area contributed by atoms with Gasteiger partial charge in [0.2, 0.25) is 5.91 Å². The molecule has 1 aromatic carbocycles. The standard InChI is InChI=1S/C18H21N3O2/c1-10-19-14-7-6-12(8-15(14)20-10)18(23)21-17-13-5-3-2-4-11(13)9-16(17)22/h2-5,12,16-17,22H,6-9H2,1H3,(H,19,20)(H,21,23)/t12-,16-,17+/m0/s1. The topological polar surface area (TPSA) is 78.0 Å². The number of H-pyrrole nitrogens is 1. The Hall–Kier alpha value is -2.14. The molecule has 0 bridgehead atoms. The van der Waals surface area contributed by atoms with E-state index in [4.69, 9.17) is 0 Å². The minimum Gasteiger partial charge on any atom is -0.390 e. The lowest BCUT2D eigenvalue weighted by Gasteiger charge is -2.24. The SMILES string of the molecule is Cc1nc2c([nH]1)C[C@@H](C(=O)N[C@@H]1c3ccccc3C[C@@H]1O)CC2. The highest BCUT2D eigenvalue weighted by molar-refractivity contribution is 5.80. The molecular formula is C18H21N3O2. The first-order chi connectivity index (χ1) is 11.1. The predicted molar refractivity (Wildman–Crippen MR) is 85.9 cm³/mol. The van der Waals surface area contributed by atoms with Crippen LogP contribution < -0.4 is 5.32 Å². The fourth-order valence-corrected chi connectivity index (χ4v) is 3.87. The van der Waals surface area contributed by atoms with Crippen molar-refractivity contribution in [3.05, 3.63) is 52.6 Å². The number of aliphatic hydroxyl groups excluding tert-OH is 1. The molecule has 0 saturated carbocycles. The maximum Gasteiger partial charge on any atom is 0.224 e. The summed E-state index contributed by atoms with van der Waals surface area (Å²) in [7, 11) is 0. The van der Waals surface area contributed by atoms with Gasteiger partial charge in [0.15, 0.2) is 0 Å². The molecule has 2 aliphatic rings. The number of carbonyl (C=O) groups is 1. The number of amides is 1. The van der Waals surface area contributed by atoms with Gasteiger partial charge in [0.25, 0.3) is 0 Å². The van der Waals surface area contributed by atoms with Crippen LogP contribution in [0.25, 0.3) is 0 Å². The summed E-state index contributed by atoms with van der Waals surface area (Å²) in [4.78, 5) is 20.4. The van der Waals surface area contributed by atoms with Gasteiger partial charge in [-0.05, 0) is 30.9 Å². The third kappa shape index (κ3) is 2.55. The maximum atomic E-state index is 12.7. The van der Waals surface area contributed by atoms with Crippen molar-refractivity contribution in [1.82, 2.24) is 15.3 Å². The van der Waals surface area contributed by atoms with Gasteiger partial charge in [0.1, 0.15) is 5.82 Å². The molecule has 4 rings (SSSR count). The largest absolute Gasteiger partial charge is 0.390 e. The second kappa shape index (κ2) is 5.49. The summed E-state index contributed by atoms with van der Waals surface area (Å²) in [6, 6.07) is 7.65. The lowest BCUT2D eigenvalue weighted by atomic mass is 9.89. The quantitative estimate of drug-likeness (QED) is 0.788. The number of fused-ring (bicyclic) bond motifs is 2. The van der Waals surface area contributed by atoms with Gasteiger partial charge >= 0.3 is 0 Å². The van der Waals surface area contributed by atoms with E-state index in [0.29, 0.717) is 12.8 Å². The van der Waals surface area contributed by atoms with E-state index in [1.54, 1.807) is 0 Å². The Balaban J connectivity index is 1.49. The highest BCUT2D eigenvalue weighted by Crippen LogP contribution is 2.32. The van der Waals surface area contributed by atoms with Gasteiger partial charge in [-0.1, -0.05) is 24.3 Å². The first kappa shape index (κ1) is 14.5. The Morgan fingerprint density at radius 2 is 2.17 bits per heavy atom. The Bertz CT molecular complexity index is 752. The summed E-state index contributed by atoms with van der Waals surface area (Å²) in [5, 5.41) is 13.4. The van der Waals surface area contributed by atoms with Gasteiger partial charge in [-0.2, -0.15) is 0 Å². The Morgan fingerprint density at radius 3 is 3.04 bits per heavy atom. The Labute approximate surface area is 135 Å². The van der Waals surface area contributed by atoms with Gasteiger partial charge in [-0.3, -0.25) is 4.79 Å². The molecule has 1 amide bonds. The fraction of sp³-hybridized carbons (Fsp3) is 0.444. The number of aromatic amines is 1. The molecule has 0 fully saturated rings. The van der Waals surface area contributed by atoms with E-state index in [-0.39, 0.29) is 17.9 Å². The zero-order chi connectivity index (χ0) is 16.0. The van der Waals surface area contributed by atoms with Crippen LogP contribution in [0.15, 0.2) is 24.3 Å². The van der Waals surface area contributed by atoms with E-state index in [9.17, 15) is 9.90 Å². The third-order valence-electron chi connectivity index (χ3n) is 5.04. The first-order valence-corrected chi connectivity index (χ1v) is 8.22. The number of hydrogen-bond acceptors (Lipinski definition) is 3. The average molecular weight is 311 g/mol. The Morgan fingerprint density at radius 1 is 1.35 bits per heavy atom. The number of aliphatic hydroxyl groups is 1. The summed E-state index contributed by atoms with van der Waals surface area (Å²) >= 11 is 0. The normalized spacial score (nSPS) is 25.7. The zero-order valence-electron chi connectivity index (χ0n) is 13.2. The summed E-state index contributed by atoms with van der Waals surface area (Å²) in [5.41, 5.74) is 4.35. The van der Waals surface area contributed by atoms with Crippen LogP contribution in [0.3, 0.4) is 0 Å². The van der Waals surface area contributed by atoms with E-state index in [0.717, 1.165) is 41.2 Å². The molecule has 2 aromatic rings. The van der Waals surface area contributed by atoms with Crippen molar-refractivity contribution in [3.8, 4) is 0 Å². The van der Waals surface area contributed by atoms with E-state index in [2.05, 4.69) is 15.3 Å². The number of hydrogen-bond donors (Lipinski definition) is 3.